The quantitative estimate of drug-likeness (QED) is 0.615. The number of aromatic amines is 1. The van der Waals surface area contributed by atoms with Gasteiger partial charge < -0.3 is 4.57 Å². The van der Waals surface area contributed by atoms with Gasteiger partial charge in [0.1, 0.15) is 5.69 Å². The maximum absolute atomic E-state index is 4.39. The van der Waals surface area contributed by atoms with Crippen molar-refractivity contribution in [3.05, 3.63) is 60.8 Å². The Morgan fingerprint density at radius 3 is 2.95 bits per heavy atom. The molecule has 4 aromatic heterocycles. The van der Waals surface area contributed by atoms with E-state index >= 15 is 0 Å². The summed E-state index contributed by atoms with van der Waals surface area (Å²) in [5.74, 6) is 0.879. The number of hydrogen-bond donors (Lipinski definition) is 1. The summed E-state index contributed by atoms with van der Waals surface area (Å²) in [4.78, 5) is 4.39. The van der Waals surface area contributed by atoms with Crippen molar-refractivity contribution in [1.82, 2.24) is 29.4 Å². The molecule has 4 rings (SSSR count). The van der Waals surface area contributed by atoms with Gasteiger partial charge in [-0.1, -0.05) is 6.07 Å². The lowest BCUT2D eigenvalue weighted by Crippen LogP contribution is -2.03. The molecule has 6 nitrogen and oxygen atoms in total. The van der Waals surface area contributed by atoms with E-state index in [1.807, 2.05) is 41.3 Å². The molecule has 0 aliphatic heterocycles. The Morgan fingerprint density at radius 1 is 1.05 bits per heavy atom. The van der Waals surface area contributed by atoms with Crippen LogP contribution in [-0.4, -0.2) is 29.4 Å². The van der Waals surface area contributed by atoms with Crippen LogP contribution in [0.15, 0.2) is 55.2 Å². The SMILES string of the molecule is c1cc(Cn2ccnc2-c2ccn[nH]2)c2ccnn2c1. The molecule has 0 atom stereocenters. The molecule has 4 aromatic rings. The van der Waals surface area contributed by atoms with Gasteiger partial charge in [-0.3, -0.25) is 5.10 Å². The summed E-state index contributed by atoms with van der Waals surface area (Å²) < 4.78 is 3.97. The van der Waals surface area contributed by atoms with Gasteiger partial charge in [0, 0.05) is 31.0 Å². The molecule has 20 heavy (non-hydrogen) atoms. The minimum Gasteiger partial charge on any atom is -0.325 e. The standard InChI is InChI=1S/C14H12N6/c1-2-11(13-4-6-17-20(13)8-1)10-19-9-7-15-14(19)12-3-5-16-18-12/h1-9H,10H2,(H,16,18). The van der Waals surface area contributed by atoms with Crippen molar-refractivity contribution in [3.63, 3.8) is 0 Å². The van der Waals surface area contributed by atoms with Gasteiger partial charge >= 0.3 is 0 Å². The van der Waals surface area contributed by atoms with E-state index in [1.165, 1.54) is 5.56 Å². The van der Waals surface area contributed by atoms with Crippen molar-refractivity contribution in [2.45, 2.75) is 6.54 Å². The number of rotatable bonds is 3. The molecule has 6 heteroatoms. The Balaban J connectivity index is 1.77. The largest absolute Gasteiger partial charge is 0.325 e. The third-order valence-electron chi connectivity index (χ3n) is 3.32. The van der Waals surface area contributed by atoms with Gasteiger partial charge in [-0.25, -0.2) is 9.50 Å². The van der Waals surface area contributed by atoms with Crippen molar-refractivity contribution >= 4 is 5.52 Å². The van der Waals surface area contributed by atoms with E-state index in [9.17, 15) is 0 Å². The molecule has 0 saturated carbocycles. The van der Waals surface area contributed by atoms with Crippen LogP contribution in [0.5, 0.6) is 0 Å². The number of imidazole rings is 1. The van der Waals surface area contributed by atoms with Gasteiger partial charge in [-0.05, 0) is 23.8 Å². The van der Waals surface area contributed by atoms with Crippen LogP contribution in [0.1, 0.15) is 5.56 Å². The summed E-state index contributed by atoms with van der Waals surface area (Å²) in [5.41, 5.74) is 3.22. The first-order valence-corrected chi connectivity index (χ1v) is 6.34. The first kappa shape index (κ1) is 11.0. The lowest BCUT2D eigenvalue weighted by molar-refractivity contribution is 0.799. The van der Waals surface area contributed by atoms with Crippen molar-refractivity contribution in [3.8, 4) is 11.5 Å². The molecule has 0 aliphatic rings. The van der Waals surface area contributed by atoms with E-state index < -0.39 is 0 Å². The summed E-state index contributed by atoms with van der Waals surface area (Å²) in [7, 11) is 0. The van der Waals surface area contributed by atoms with Gasteiger partial charge in [0.05, 0.1) is 12.1 Å². The summed E-state index contributed by atoms with van der Waals surface area (Å²) in [6.07, 6.45) is 9.25. The number of hydrogen-bond acceptors (Lipinski definition) is 3. The van der Waals surface area contributed by atoms with Gasteiger partial charge in [0.15, 0.2) is 5.82 Å². The van der Waals surface area contributed by atoms with Crippen LogP contribution in [0.4, 0.5) is 0 Å². The van der Waals surface area contributed by atoms with Crippen molar-refractivity contribution in [2.75, 3.05) is 0 Å². The molecule has 0 spiro atoms. The molecule has 0 unspecified atom stereocenters. The number of nitrogens with zero attached hydrogens (tertiary/aromatic N) is 5. The van der Waals surface area contributed by atoms with Crippen LogP contribution in [0.25, 0.3) is 17.0 Å². The smallest absolute Gasteiger partial charge is 0.158 e. The predicted octanol–water partition coefficient (Wildman–Crippen LogP) is 1.97. The Labute approximate surface area is 114 Å². The van der Waals surface area contributed by atoms with E-state index in [0.717, 1.165) is 23.6 Å². The lowest BCUT2D eigenvalue weighted by atomic mass is 10.2. The molecule has 0 amide bonds. The van der Waals surface area contributed by atoms with E-state index in [0.29, 0.717) is 0 Å². The monoisotopic (exact) mass is 264 g/mol. The molecule has 1 N–H and O–H groups in total. The maximum atomic E-state index is 4.39. The zero-order valence-electron chi connectivity index (χ0n) is 10.6. The fraction of sp³-hybridized carbons (Fsp3) is 0.0714. The molecule has 98 valence electrons. The van der Waals surface area contributed by atoms with Crippen LogP contribution >= 0.6 is 0 Å². The second-order valence-electron chi connectivity index (χ2n) is 4.54. The zero-order chi connectivity index (χ0) is 13.4. The van der Waals surface area contributed by atoms with Crippen LogP contribution in [0.3, 0.4) is 0 Å². The topological polar surface area (TPSA) is 63.8 Å². The maximum Gasteiger partial charge on any atom is 0.158 e. The molecule has 0 aliphatic carbocycles. The van der Waals surface area contributed by atoms with Crippen LogP contribution in [-0.2, 0) is 6.54 Å². The molecule has 0 fully saturated rings. The summed E-state index contributed by atoms with van der Waals surface area (Å²) in [6.45, 7) is 0.740. The second kappa shape index (κ2) is 4.34. The highest BCUT2D eigenvalue weighted by atomic mass is 15.2. The van der Waals surface area contributed by atoms with E-state index in [1.54, 1.807) is 12.4 Å². The van der Waals surface area contributed by atoms with Crippen LogP contribution in [0.2, 0.25) is 0 Å². The Kier molecular flexibility index (Phi) is 2.38. The fourth-order valence-electron chi connectivity index (χ4n) is 2.39. The minimum absolute atomic E-state index is 0.740. The number of fused-ring (bicyclic) bond motifs is 1. The number of aromatic nitrogens is 6. The highest BCUT2D eigenvalue weighted by molar-refractivity contribution is 5.55. The van der Waals surface area contributed by atoms with Crippen LogP contribution in [0, 0.1) is 0 Å². The number of H-pyrrole nitrogens is 1. The van der Waals surface area contributed by atoms with Gasteiger partial charge in [-0.15, -0.1) is 0 Å². The second-order valence-corrected chi connectivity index (χ2v) is 4.54. The average Bonchev–Trinajstić information content (AvgIpc) is 3.20. The van der Waals surface area contributed by atoms with E-state index in [2.05, 4.69) is 30.9 Å². The van der Waals surface area contributed by atoms with Gasteiger partial charge in [-0.2, -0.15) is 10.2 Å². The molecular formula is C14H12N6. The molecular weight excluding hydrogens is 252 g/mol. The normalized spacial score (nSPS) is 11.2. The first-order valence-electron chi connectivity index (χ1n) is 6.34. The Bertz CT molecular complexity index is 839. The van der Waals surface area contributed by atoms with Crippen molar-refractivity contribution < 1.29 is 0 Å². The Morgan fingerprint density at radius 2 is 2.05 bits per heavy atom. The van der Waals surface area contributed by atoms with Crippen molar-refractivity contribution in [2.24, 2.45) is 0 Å². The highest BCUT2D eigenvalue weighted by Gasteiger charge is 2.09. The highest BCUT2D eigenvalue weighted by Crippen LogP contribution is 2.17. The molecule has 0 radical (unpaired) electrons. The number of nitrogens with one attached hydrogen (secondary N) is 1. The summed E-state index contributed by atoms with van der Waals surface area (Å²) in [5, 5.41) is 11.2. The first-order chi connectivity index (χ1) is 9.92. The summed E-state index contributed by atoms with van der Waals surface area (Å²) >= 11 is 0. The fourth-order valence-corrected chi connectivity index (χ4v) is 2.39. The third-order valence-corrected chi connectivity index (χ3v) is 3.32. The zero-order valence-corrected chi connectivity index (χ0v) is 10.6. The molecule has 0 saturated heterocycles. The number of pyridine rings is 1. The predicted molar refractivity (Wildman–Crippen MR) is 74.1 cm³/mol. The van der Waals surface area contributed by atoms with E-state index in [4.69, 9.17) is 0 Å². The lowest BCUT2D eigenvalue weighted by Gasteiger charge is -2.08. The average molecular weight is 264 g/mol. The van der Waals surface area contributed by atoms with Crippen LogP contribution < -0.4 is 0 Å². The minimum atomic E-state index is 0.740. The third kappa shape index (κ3) is 1.70. The Hall–Kier alpha value is -2.89. The molecule has 0 aromatic carbocycles. The summed E-state index contributed by atoms with van der Waals surface area (Å²) in [6, 6.07) is 8.04. The van der Waals surface area contributed by atoms with E-state index in [-0.39, 0.29) is 0 Å². The van der Waals surface area contributed by atoms with Gasteiger partial charge in [0.25, 0.3) is 0 Å². The van der Waals surface area contributed by atoms with Crippen molar-refractivity contribution in [1.29, 1.82) is 0 Å². The molecule has 4 heterocycles. The molecule has 0 bridgehead atoms. The van der Waals surface area contributed by atoms with Gasteiger partial charge in [0.2, 0.25) is 0 Å².